The van der Waals surface area contributed by atoms with Crippen LogP contribution in [0.25, 0.3) is 0 Å². The summed E-state index contributed by atoms with van der Waals surface area (Å²) in [5, 5.41) is 0. The number of esters is 1. The lowest BCUT2D eigenvalue weighted by Gasteiger charge is -2.07. The van der Waals surface area contributed by atoms with Crippen LogP contribution < -0.4 is 0 Å². The monoisotopic (exact) mass is 443 g/mol. The summed E-state index contributed by atoms with van der Waals surface area (Å²) in [6.45, 7) is 0.462. The molecule has 0 aliphatic heterocycles. The lowest BCUT2D eigenvalue weighted by molar-refractivity contribution is 0.0503. The van der Waals surface area contributed by atoms with Crippen LogP contribution in [0.3, 0.4) is 0 Å². The third-order valence-electron chi connectivity index (χ3n) is 1.72. The summed E-state index contributed by atoms with van der Waals surface area (Å²) in [6, 6.07) is 6.59. The maximum absolute atomic E-state index is 11.7. The molecule has 0 unspecified atom stereocenters. The normalized spacial score (nSPS) is 10.1. The molecule has 0 bridgehead atoms. The topological polar surface area (TPSA) is 26.3 Å². The van der Waals surface area contributed by atoms with Crippen molar-refractivity contribution in [3.05, 3.63) is 30.9 Å². The Hall–Kier alpha value is 0.367. The minimum atomic E-state index is -0.232. The Labute approximate surface area is 120 Å². The lowest BCUT2D eigenvalue weighted by Crippen LogP contribution is -2.10. The van der Waals surface area contributed by atoms with Crippen LogP contribution in [0.15, 0.2) is 18.2 Å². The van der Waals surface area contributed by atoms with Gasteiger partial charge in [0.05, 0.1) is 12.2 Å². The Morgan fingerprint density at radius 1 is 1.33 bits per heavy atom. The molecule has 1 aromatic rings. The minimum absolute atomic E-state index is 0.232. The molecule has 0 amide bonds. The predicted octanol–water partition coefficient (Wildman–Crippen LogP) is 3.03. The van der Waals surface area contributed by atoms with Gasteiger partial charge in [-0.1, -0.05) is 12.1 Å². The van der Waals surface area contributed by atoms with E-state index in [1.54, 1.807) is 0 Å². The number of carbonyl (C=O) groups excluding carboxylic acids is 1. The first-order valence-electron chi connectivity index (χ1n) is 4.42. The van der Waals surface area contributed by atoms with E-state index in [-0.39, 0.29) is 5.97 Å². The summed E-state index contributed by atoms with van der Waals surface area (Å²) in [5.74, 6) is -0.232. The Bertz CT molecular complexity index is 335. The molecular formula is C10H9I2O2Si. The summed E-state index contributed by atoms with van der Waals surface area (Å²) in [7, 11) is 3.34. The highest BCUT2D eigenvalue weighted by molar-refractivity contribution is 14.1. The highest BCUT2D eigenvalue weighted by atomic mass is 127. The second-order valence-electron chi connectivity index (χ2n) is 2.84. The lowest BCUT2D eigenvalue weighted by atomic mass is 10.2. The molecule has 15 heavy (non-hydrogen) atoms. The van der Waals surface area contributed by atoms with Crippen LogP contribution in [0, 0.1) is 7.14 Å². The Balaban J connectivity index is 2.73. The number of hydrogen-bond donors (Lipinski definition) is 0. The SMILES string of the molecule is O=C(OCCC[Si])c1c(I)cccc1I. The molecule has 79 valence electrons. The molecule has 1 aromatic carbocycles. The molecule has 3 radical (unpaired) electrons. The van der Waals surface area contributed by atoms with E-state index < -0.39 is 0 Å². The maximum Gasteiger partial charge on any atom is 0.340 e. The van der Waals surface area contributed by atoms with E-state index in [4.69, 9.17) is 4.74 Å². The molecule has 0 aromatic heterocycles. The van der Waals surface area contributed by atoms with Crippen molar-refractivity contribution >= 4 is 61.4 Å². The van der Waals surface area contributed by atoms with Crippen molar-refractivity contribution in [2.24, 2.45) is 0 Å². The van der Waals surface area contributed by atoms with Crippen LogP contribution in [-0.4, -0.2) is 22.8 Å². The van der Waals surface area contributed by atoms with Crippen LogP contribution >= 0.6 is 45.2 Å². The van der Waals surface area contributed by atoms with Crippen LogP contribution in [-0.2, 0) is 4.74 Å². The second kappa shape index (κ2) is 6.84. The van der Waals surface area contributed by atoms with Gasteiger partial charge >= 0.3 is 5.97 Å². The Kier molecular flexibility index (Phi) is 6.13. The number of rotatable bonds is 4. The van der Waals surface area contributed by atoms with Crippen molar-refractivity contribution in [3.8, 4) is 0 Å². The molecule has 2 nitrogen and oxygen atoms in total. The standard InChI is InChI=1S/C10H9I2O2Si/c11-7-3-1-4-8(12)9(7)10(13)14-5-2-6-15/h1,3-4H,2,5-6H2. The van der Waals surface area contributed by atoms with Gasteiger partial charge in [-0.05, 0) is 63.7 Å². The van der Waals surface area contributed by atoms with Crippen molar-refractivity contribution in [1.82, 2.24) is 0 Å². The highest BCUT2D eigenvalue weighted by Crippen LogP contribution is 2.19. The van der Waals surface area contributed by atoms with Gasteiger partial charge in [-0.3, -0.25) is 0 Å². The summed E-state index contributed by atoms with van der Waals surface area (Å²) in [6.07, 6.45) is 0.836. The number of hydrogen-bond acceptors (Lipinski definition) is 2. The van der Waals surface area contributed by atoms with E-state index in [2.05, 4.69) is 55.4 Å². The Morgan fingerprint density at radius 2 is 1.93 bits per heavy atom. The average Bonchev–Trinajstić information content (AvgIpc) is 2.18. The van der Waals surface area contributed by atoms with Crippen molar-refractivity contribution in [2.45, 2.75) is 12.5 Å². The van der Waals surface area contributed by atoms with E-state index in [0.29, 0.717) is 12.2 Å². The fourth-order valence-electron chi connectivity index (χ4n) is 1.00. The quantitative estimate of drug-likeness (QED) is 0.310. The van der Waals surface area contributed by atoms with Gasteiger partial charge in [-0.15, -0.1) is 0 Å². The largest absolute Gasteiger partial charge is 0.462 e. The van der Waals surface area contributed by atoms with Crippen molar-refractivity contribution in [2.75, 3.05) is 6.61 Å². The third-order valence-corrected chi connectivity index (χ3v) is 3.87. The molecule has 0 aliphatic rings. The van der Waals surface area contributed by atoms with E-state index in [1.807, 2.05) is 18.2 Å². The molecular weight excluding hydrogens is 434 g/mol. The highest BCUT2D eigenvalue weighted by Gasteiger charge is 2.14. The summed E-state index contributed by atoms with van der Waals surface area (Å²) in [4.78, 5) is 11.7. The molecule has 5 heteroatoms. The predicted molar refractivity (Wildman–Crippen MR) is 77.3 cm³/mol. The van der Waals surface area contributed by atoms with Gasteiger partial charge in [0.15, 0.2) is 0 Å². The maximum atomic E-state index is 11.7. The van der Waals surface area contributed by atoms with E-state index in [9.17, 15) is 4.79 Å². The van der Waals surface area contributed by atoms with Gasteiger partial charge in [0, 0.05) is 17.4 Å². The summed E-state index contributed by atoms with van der Waals surface area (Å²) in [5.41, 5.74) is 0.674. The van der Waals surface area contributed by atoms with E-state index >= 15 is 0 Å². The van der Waals surface area contributed by atoms with Crippen LogP contribution in [0.4, 0.5) is 0 Å². The fraction of sp³-hybridized carbons (Fsp3) is 0.300. The average molecular weight is 443 g/mol. The molecule has 0 heterocycles. The first-order chi connectivity index (χ1) is 7.16. The van der Waals surface area contributed by atoms with Gasteiger partial charge < -0.3 is 4.74 Å². The van der Waals surface area contributed by atoms with Crippen molar-refractivity contribution in [1.29, 1.82) is 0 Å². The van der Waals surface area contributed by atoms with E-state index in [0.717, 1.165) is 19.6 Å². The van der Waals surface area contributed by atoms with Gasteiger partial charge in [0.1, 0.15) is 0 Å². The molecule has 0 atom stereocenters. The number of benzene rings is 1. The number of halogens is 2. The van der Waals surface area contributed by atoms with Gasteiger partial charge in [-0.25, -0.2) is 4.79 Å². The third kappa shape index (κ3) is 4.02. The van der Waals surface area contributed by atoms with Gasteiger partial charge in [0.25, 0.3) is 0 Å². The molecule has 1 rings (SSSR count). The number of ether oxygens (including phenoxy) is 1. The summed E-state index contributed by atoms with van der Waals surface area (Å²) >= 11 is 4.29. The molecule has 0 saturated heterocycles. The zero-order valence-electron chi connectivity index (χ0n) is 7.93. The number of carbonyl (C=O) groups is 1. The first kappa shape index (κ1) is 13.4. The zero-order chi connectivity index (χ0) is 11.3. The molecule has 0 spiro atoms. The molecule has 0 fully saturated rings. The van der Waals surface area contributed by atoms with Gasteiger partial charge in [0.2, 0.25) is 0 Å². The Morgan fingerprint density at radius 3 is 2.47 bits per heavy atom. The summed E-state index contributed by atoms with van der Waals surface area (Å²) < 4.78 is 7.02. The molecule has 0 saturated carbocycles. The van der Waals surface area contributed by atoms with E-state index in [1.165, 1.54) is 0 Å². The minimum Gasteiger partial charge on any atom is -0.462 e. The molecule has 0 aliphatic carbocycles. The van der Waals surface area contributed by atoms with Gasteiger partial charge in [-0.2, -0.15) is 0 Å². The zero-order valence-corrected chi connectivity index (χ0v) is 13.2. The molecule has 0 N–H and O–H groups in total. The smallest absolute Gasteiger partial charge is 0.340 e. The first-order valence-corrected chi connectivity index (χ1v) is 7.29. The second-order valence-corrected chi connectivity index (χ2v) is 5.66. The van der Waals surface area contributed by atoms with Crippen LogP contribution in [0.5, 0.6) is 0 Å². The fourth-order valence-corrected chi connectivity index (χ4v) is 3.10. The van der Waals surface area contributed by atoms with Crippen molar-refractivity contribution < 1.29 is 9.53 Å². The van der Waals surface area contributed by atoms with Crippen LogP contribution in [0.1, 0.15) is 16.8 Å². The van der Waals surface area contributed by atoms with Crippen molar-refractivity contribution in [3.63, 3.8) is 0 Å². The van der Waals surface area contributed by atoms with Crippen LogP contribution in [0.2, 0.25) is 6.04 Å².